The lowest BCUT2D eigenvalue weighted by molar-refractivity contribution is 0.100. The molecule has 0 saturated carbocycles. The Hall–Kier alpha value is -2.40. The third-order valence-corrected chi connectivity index (χ3v) is 5.93. The first-order chi connectivity index (χ1) is 13.1. The Morgan fingerprint density at radius 3 is 2.52 bits per heavy atom. The van der Waals surface area contributed by atoms with E-state index >= 15 is 0 Å². The number of benzene rings is 2. The molecule has 5 heteroatoms. The van der Waals surface area contributed by atoms with E-state index in [-0.39, 0.29) is 11.7 Å². The van der Waals surface area contributed by atoms with Gasteiger partial charge in [-0.15, -0.1) is 0 Å². The van der Waals surface area contributed by atoms with E-state index in [1.54, 1.807) is 0 Å². The minimum absolute atomic E-state index is 0.176. The van der Waals surface area contributed by atoms with Crippen molar-refractivity contribution in [2.45, 2.75) is 31.7 Å². The molecule has 0 atom stereocenters. The molecule has 4 nitrogen and oxygen atoms in total. The summed E-state index contributed by atoms with van der Waals surface area (Å²) in [5.41, 5.74) is 9.74. The van der Waals surface area contributed by atoms with Gasteiger partial charge in [0.2, 0.25) is 5.91 Å². The largest absolute Gasteiger partial charge is 0.368 e. The van der Waals surface area contributed by atoms with Gasteiger partial charge in [0.1, 0.15) is 5.82 Å². The lowest BCUT2D eigenvalue weighted by atomic mass is 10.0. The molecule has 1 saturated heterocycles. The smallest absolute Gasteiger partial charge is 0.248 e. The normalized spacial score (nSPS) is 17.9. The van der Waals surface area contributed by atoms with Crippen LogP contribution in [-0.2, 0) is 12.8 Å². The van der Waals surface area contributed by atoms with Crippen LogP contribution in [0.2, 0.25) is 0 Å². The molecule has 2 aromatic rings. The molecular weight excluding hydrogens is 341 g/mol. The third kappa shape index (κ3) is 3.98. The van der Waals surface area contributed by atoms with Crippen molar-refractivity contribution in [3.63, 3.8) is 0 Å². The van der Waals surface area contributed by atoms with Crippen LogP contribution in [0.15, 0.2) is 42.5 Å². The van der Waals surface area contributed by atoms with Crippen molar-refractivity contribution >= 4 is 11.6 Å². The molecule has 2 heterocycles. The molecule has 2 aliphatic heterocycles. The Labute approximate surface area is 159 Å². The van der Waals surface area contributed by atoms with Crippen LogP contribution >= 0.6 is 0 Å². The zero-order chi connectivity index (χ0) is 18.8. The van der Waals surface area contributed by atoms with Crippen LogP contribution in [0.3, 0.4) is 0 Å². The van der Waals surface area contributed by atoms with Crippen molar-refractivity contribution in [2.75, 3.05) is 31.1 Å². The number of carbonyl (C=O) groups is 1. The summed E-state index contributed by atoms with van der Waals surface area (Å²) in [5, 5.41) is 0. The second-order valence-corrected chi connectivity index (χ2v) is 7.60. The molecule has 0 spiro atoms. The highest BCUT2D eigenvalue weighted by Crippen LogP contribution is 2.33. The molecule has 4 rings (SSSR count). The highest BCUT2D eigenvalue weighted by molar-refractivity contribution is 5.94. The molecule has 2 aromatic carbocycles. The van der Waals surface area contributed by atoms with Crippen LogP contribution < -0.4 is 10.6 Å². The number of nitrogens with two attached hydrogens (primary N) is 1. The predicted octanol–water partition coefficient (Wildman–Crippen LogP) is 2.99. The number of rotatable bonds is 5. The summed E-state index contributed by atoms with van der Waals surface area (Å²) in [5.74, 6) is -0.537. The fourth-order valence-electron chi connectivity index (χ4n) is 4.33. The molecule has 1 fully saturated rings. The quantitative estimate of drug-likeness (QED) is 0.884. The van der Waals surface area contributed by atoms with E-state index < -0.39 is 0 Å². The fourth-order valence-corrected chi connectivity index (χ4v) is 4.33. The van der Waals surface area contributed by atoms with Gasteiger partial charge in [-0.2, -0.15) is 0 Å². The minimum Gasteiger partial charge on any atom is -0.368 e. The highest BCUT2D eigenvalue weighted by atomic mass is 19.1. The summed E-state index contributed by atoms with van der Waals surface area (Å²) in [7, 11) is 0. The van der Waals surface area contributed by atoms with Crippen molar-refractivity contribution in [2.24, 2.45) is 5.73 Å². The lowest BCUT2D eigenvalue weighted by Gasteiger charge is -2.38. The number of fused-ring (bicyclic) bond motifs is 1. The van der Waals surface area contributed by atoms with Crippen molar-refractivity contribution in [1.29, 1.82) is 0 Å². The summed E-state index contributed by atoms with van der Waals surface area (Å²) in [4.78, 5) is 16.5. The van der Waals surface area contributed by atoms with Gasteiger partial charge >= 0.3 is 0 Å². The van der Waals surface area contributed by atoms with Crippen LogP contribution in [0.1, 0.15) is 34.3 Å². The Bertz CT molecular complexity index is 813. The number of hydrogen-bond donors (Lipinski definition) is 1. The van der Waals surface area contributed by atoms with E-state index in [4.69, 9.17) is 5.73 Å². The molecule has 2 N–H and O–H groups in total. The Morgan fingerprint density at radius 2 is 1.81 bits per heavy atom. The van der Waals surface area contributed by atoms with Crippen molar-refractivity contribution in [3.05, 3.63) is 65.0 Å². The van der Waals surface area contributed by atoms with Gasteiger partial charge in [0.25, 0.3) is 0 Å². The SMILES string of the molecule is NC(=O)c1ccc2c(c1)N(C1CCN(CCc3ccc(F)cc3)CC1)CC2. The number of primary amides is 1. The summed E-state index contributed by atoms with van der Waals surface area (Å²) in [6.45, 7) is 4.19. The molecule has 2 aliphatic rings. The van der Waals surface area contributed by atoms with E-state index in [1.165, 1.54) is 28.9 Å². The van der Waals surface area contributed by atoms with Gasteiger partial charge in [0, 0.05) is 43.5 Å². The maximum absolute atomic E-state index is 13.0. The van der Waals surface area contributed by atoms with Crippen LogP contribution in [0.5, 0.6) is 0 Å². The monoisotopic (exact) mass is 367 g/mol. The van der Waals surface area contributed by atoms with Crippen molar-refractivity contribution < 1.29 is 9.18 Å². The summed E-state index contributed by atoms with van der Waals surface area (Å²) in [6.07, 6.45) is 4.26. The lowest BCUT2D eigenvalue weighted by Crippen LogP contribution is -2.45. The maximum atomic E-state index is 13.0. The molecule has 142 valence electrons. The zero-order valence-corrected chi connectivity index (χ0v) is 15.5. The van der Waals surface area contributed by atoms with E-state index in [2.05, 4.69) is 9.80 Å². The number of anilines is 1. The van der Waals surface area contributed by atoms with Crippen LogP contribution in [0, 0.1) is 5.82 Å². The number of hydrogen-bond acceptors (Lipinski definition) is 3. The first-order valence-corrected chi connectivity index (χ1v) is 9.76. The second kappa shape index (κ2) is 7.69. The summed E-state index contributed by atoms with van der Waals surface area (Å²) < 4.78 is 13.0. The molecule has 0 unspecified atom stereocenters. The molecular formula is C22H26FN3O. The number of carbonyl (C=O) groups excluding carboxylic acids is 1. The number of piperidine rings is 1. The van der Waals surface area contributed by atoms with Gasteiger partial charge in [-0.05, 0) is 61.1 Å². The van der Waals surface area contributed by atoms with Crippen LogP contribution in [0.25, 0.3) is 0 Å². The zero-order valence-electron chi connectivity index (χ0n) is 15.5. The van der Waals surface area contributed by atoms with E-state index in [1.807, 2.05) is 30.3 Å². The molecule has 1 amide bonds. The van der Waals surface area contributed by atoms with E-state index in [0.717, 1.165) is 51.9 Å². The van der Waals surface area contributed by atoms with Gasteiger partial charge in [-0.1, -0.05) is 18.2 Å². The van der Waals surface area contributed by atoms with Gasteiger partial charge < -0.3 is 15.5 Å². The minimum atomic E-state index is -0.361. The van der Waals surface area contributed by atoms with Gasteiger partial charge in [0.15, 0.2) is 0 Å². The average Bonchev–Trinajstić information content (AvgIpc) is 3.11. The first kappa shape index (κ1) is 18.0. The molecule has 0 radical (unpaired) electrons. The fraction of sp³-hybridized carbons (Fsp3) is 0.409. The Balaban J connectivity index is 1.33. The second-order valence-electron chi connectivity index (χ2n) is 7.60. The summed E-state index contributed by atoms with van der Waals surface area (Å²) >= 11 is 0. The number of amides is 1. The topological polar surface area (TPSA) is 49.6 Å². The van der Waals surface area contributed by atoms with E-state index in [0.29, 0.717) is 11.6 Å². The Kier molecular flexibility index (Phi) is 5.12. The first-order valence-electron chi connectivity index (χ1n) is 9.76. The third-order valence-electron chi connectivity index (χ3n) is 5.93. The molecule has 27 heavy (non-hydrogen) atoms. The van der Waals surface area contributed by atoms with Crippen LogP contribution in [0.4, 0.5) is 10.1 Å². The predicted molar refractivity (Wildman–Crippen MR) is 106 cm³/mol. The number of halogens is 1. The van der Waals surface area contributed by atoms with E-state index in [9.17, 15) is 9.18 Å². The maximum Gasteiger partial charge on any atom is 0.248 e. The molecule has 0 aromatic heterocycles. The van der Waals surface area contributed by atoms with Gasteiger partial charge in [-0.3, -0.25) is 4.79 Å². The van der Waals surface area contributed by atoms with Gasteiger partial charge in [0.05, 0.1) is 0 Å². The standard InChI is InChI=1S/C22H26FN3O/c23-19-5-1-16(2-6-19)7-11-25-12-9-20(10-13-25)26-14-8-17-3-4-18(22(24)27)15-21(17)26/h1-6,15,20H,7-14H2,(H2,24,27). The highest BCUT2D eigenvalue weighted by Gasteiger charge is 2.29. The number of nitrogens with zero attached hydrogens (tertiary/aromatic N) is 2. The average molecular weight is 367 g/mol. The number of likely N-dealkylation sites (tertiary alicyclic amines) is 1. The van der Waals surface area contributed by atoms with Crippen molar-refractivity contribution in [1.82, 2.24) is 4.90 Å². The van der Waals surface area contributed by atoms with Crippen molar-refractivity contribution in [3.8, 4) is 0 Å². The van der Waals surface area contributed by atoms with Gasteiger partial charge in [-0.25, -0.2) is 4.39 Å². The Morgan fingerprint density at radius 1 is 1.07 bits per heavy atom. The molecule has 0 bridgehead atoms. The summed E-state index contributed by atoms with van der Waals surface area (Å²) in [6, 6.07) is 13.2. The van der Waals surface area contributed by atoms with Crippen LogP contribution in [-0.4, -0.2) is 43.0 Å². The molecule has 0 aliphatic carbocycles.